The van der Waals surface area contributed by atoms with E-state index in [2.05, 4.69) is 10.6 Å². The molecule has 1 rings (SSSR count). The topological polar surface area (TPSA) is 105 Å². The Morgan fingerprint density at radius 1 is 1.12 bits per heavy atom. The van der Waals surface area contributed by atoms with Crippen LogP contribution < -0.4 is 15.4 Å². The van der Waals surface area contributed by atoms with Gasteiger partial charge in [-0.15, -0.1) is 0 Å². The van der Waals surface area contributed by atoms with E-state index in [9.17, 15) is 14.4 Å². The quantitative estimate of drug-likeness (QED) is 0.585. The zero-order chi connectivity index (χ0) is 19.7. The summed E-state index contributed by atoms with van der Waals surface area (Å²) in [6.07, 6.45) is 0.491. The van der Waals surface area contributed by atoms with Gasteiger partial charge in [-0.05, 0) is 30.0 Å². The van der Waals surface area contributed by atoms with Crippen molar-refractivity contribution < 1.29 is 24.2 Å². The predicted molar refractivity (Wildman–Crippen MR) is 97.9 cm³/mol. The van der Waals surface area contributed by atoms with E-state index in [4.69, 9.17) is 9.84 Å². The summed E-state index contributed by atoms with van der Waals surface area (Å²) in [5.41, 5.74) is 0.860. The molecule has 0 aliphatic rings. The summed E-state index contributed by atoms with van der Waals surface area (Å²) < 4.78 is 5.11. The van der Waals surface area contributed by atoms with Gasteiger partial charge in [0, 0.05) is 19.4 Å². The van der Waals surface area contributed by atoms with E-state index in [1.54, 1.807) is 19.2 Å². The second kappa shape index (κ2) is 10.4. The molecular weight excluding hydrogens is 336 g/mol. The molecule has 144 valence electrons. The molecule has 0 radical (unpaired) electrons. The number of amides is 2. The number of hydrogen-bond acceptors (Lipinski definition) is 4. The molecule has 0 aliphatic carbocycles. The second-order valence-corrected chi connectivity index (χ2v) is 6.65. The van der Waals surface area contributed by atoms with Crippen LogP contribution in [0.15, 0.2) is 24.3 Å². The van der Waals surface area contributed by atoms with Gasteiger partial charge in [-0.3, -0.25) is 14.4 Å². The van der Waals surface area contributed by atoms with Crippen molar-refractivity contribution in [1.29, 1.82) is 0 Å². The van der Waals surface area contributed by atoms with Gasteiger partial charge < -0.3 is 20.5 Å². The molecule has 2 amide bonds. The first kappa shape index (κ1) is 21.5. The van der Waals surface area contributed by atoms with Gasteiger partial charge >= 0.3 is 5.97 Å². The van der Waals surface area contributed by atoms with E-state index in [0.717, 1.165) is 5.56 Å². The van der Waals surface area contributed by atoms with Gasteiger partial charge in [0.1, 0.15) is 11.8 Å². The highest BCUT2D eigenvalue weighted by molar-refractivity contribution is 5.89. The fourth-order valence-electron chi connectivity index (χ4n) is 2.73. The number of carboxylic acid groups (broad SMARTS) is 1. The van der Waals surface area contributed by atoms with Gasteiger partial charge in [0.2, 0.25) is 11.8 Å². The van der Waals surface area contributed by atoms with E-state index in [0.29, 0.717) is 18.6 Å². The summed E-state index contributed by atoms with van der Waals surface area (Å²) >= 11 is 0. The van der Waals surface area contributed by atoms with Crippen molar-refractivity contribution in [3.8, 4) is 5.75 Å². The van der Waals surface area contributed by atoms with Crippen LogP contribution in [-0.4, -0.2) is 43.1 Å². The van der Waals surface area contributed by atoms with Crippen LogP contribution in [-0.2, 0) is 20.8 Å². The van der Waals surface area contributed by atoms with Gasteiger partial charge in [0.25, 0.3) is 0 Å². The summed E-state index contributed by atoms with van der Waals surface area (Å²) in [5.74, 6) is -1.57. The Balaban J connectivity index is 2.88. The fourth-order valence-corrected chi connectivity index (χ4v) is 2.73. The third kappa shape index (κ3) is 7.13. The van der Waals surface area contributed by atoms with Gasteiger partial charge in [-0.1, -0.05) is 26.0 Å². The summed E-state index contributed by atoms with van der Waals surface area (Å²) in [6, 6.07) is 6.44. The molecule has 7 heteroatoms. The first-order chi connectivity index (χ1) is 12.3. The maximum atomic E-state index is 12.6. The second-order valence-electron chi connectivity index (χ2n) is 6.65. The van der Waals surface area contributed by atoms with Crippen molar-refractivity contribution in [3.63, 3.8) is 0 Å². The number of methoxy groups -OCH3 is 1. The largest absolute Gasteiger partial charge is 0.497 e. The van der Waals surface area contributed by atoms with Crippen LogP contribution >= 0.6 is 0 Å². The van der Waals surface area contributed by atoms with Crippen LogP contribution in [0, 0.1) is 11.8 Å². The molecule has 0 saturated carbocycles. The summed E-state index contributed by atoms with van der Waals surface area (Å²) in [4.78, 5) is 35.8. The van der Waals surface area contributed by atoms with E-state index in [1.807, 2.05) is 26.0 Å². The minimum Gasteiger partial charge on any atom is -0.497 e. The summed E-state index contributed by atoms with van der Waals surface area (Å²) in [7, 11) is 3.07. The van der Waals surface area contributed by atoms with Gasteiger partial charge in [0.05, 0.1) is 13.5 Å². The minimum atomic E-state index is -1.03. The van der Waals surface area contributed by atoms with Crippen molar-refractivity contribution in [1.82, 2.24) is 10.6 Å². The molecule has 3 N–H and O–H groups in total. The zero-order valence-electron chi connectivity index (χ0n) is 15.7. The normalized spacial score (nSPS) is 13.0. The number of aliphatic carboxylic acids is 1. The average Bonchev–Trinajstić information content (AvgIpc) is 2.59. The average molecular weight is 364 g/mol. The number of carboxylic acids is 1. The van der Waals surface area contributed by atoms with E-state index >= 15 is 0 Å². The number of carbonyl (C=O) groups excluding carboxylic acids is 2. The standard InChI is InChI=1S/C19H28N2O5/c1-12(2)9-14(11-17(22)23)18(24)21-16(19(25)20-3)10-13-5-7-15(26-4)8-6-13/h5-8,12,14,16H,9-11H2,1-4H3,(H,20,25)(H,21,24)(H,22,23)/t14?,16-/m0/s1. The van der Waals surface area contributed by atoms with Crippen LogP contribution in [0.2, 0.25) is 0 Å². The number of carbonyl (C=O) groups is 3. The van der Waals surface area contributed by atoms with Crippen molar-refractivity contribution in [3.05, 3.63) is 29.8 Å². The van der Waals surface area contributed by atoms with Gasteiger partial charge in [0.15, 0.2) is 0 Å². The van der Waals surface area contributed by atoms with Crippen LogP contribution in [0.5, 0.6) is 5.75 Å². The Kier molecular flexibility index (Phi) is 8.61. The smallest absolute Gasteiger partial charge is 0.304 e. The molecule has 1 aromatic rings. The van der Waals surface area contributed by atoms with Crippen LogP contribution in [0.3, 0.4) is 0 Å². The minimum absolute atomic E-state index is 0.171. The van der Waals surface area contributed by atoms with Gasteiger partial charge in [-0.25, -0.2) is 0 Å². The third-order valence-corrected chi connectivity index (χ3v) is 4.03. The molecule has 0 aromatic heterocycles. The molecule has 0 saturated heterocycles. The lowest BCUT2D eigenvalue weighted by Crippen LogP contribution is -2.49. The summed E-state index contributed by atoms with van der Waals surface area (Å²) in [6.45, 7) is 3.85. The third-order valence-electron chi connectivity index (χ3n) is 4.03. The lowest BCUT2D eigenvalue weighted by Gasteiger charge is -2.22. The predicted octanol–water partition coefficient (Wildman–Crippen LogP) is 1.61. The highest BCUT2D eigenvalue weighted by Crippen LogP contribution is 2.17. The number of benzene rings is 1. The molecular formula is C19H28N2O5. The van der Waals surface area contributed by atoms with Crippen molar-refractivity contribution >= 4 is 17.8 Å². The number of nitrogens with one attached hydrogen (secondary N) is 2. The SMILES string of the molecule is CNC(=O)[C@H](Cc1ccc(OC)cc1)NC(=O)C(CC(=O)O)CC(C)C. The molecule has 2 atom stereocenters. The van der Waals surface area contributed by atoms with E-state index in [1.165, 1.54) is 7.05 Å². The molecule has 1 unspecified atom stereocenters. The highest BCUT2D eigenvalue weighted by Gasteiger charge is 2.27. The highest BCUT2D eigenvalue weighted by atomic mass is 16.5. The van der Waals surface area contributed by atoms with E-state index in [-0.39, 0.29) is 18.2 Å². The monoisotopic (exact) mass is 364 g/mol. The molecule has 7 nitrogen and oxygen atoms in total. The van der Waals surface area contributed by atoms with Crippen LogP contribution in [0.1, 0.15) is 32.3 Å². The first-order valence-electron chi connectivity index (χ1n) is 8.63. The van der Waals surface area contributed by atoms with Gasteiger partial charge in [-0.2, -0.15) is 0 Å². The van der Waals surface area contributed by atoms with Crippen molar-refractivity contribution in [2.24, 2.45) is 11.8 Å². The molecule has 0 spiro atoms. The fraction of sp³-hybridized carbons (Fsp3) is 0.526. The summed E-state index contributed by atoms with van der Waals surface area (Å²) in [5, 5.41) is 14.3. The molecule has 0 aliphatic heterocycles. The molecule has 26 heavy (non-hydrogen) atoms. The van der Waals surface area contributed by atoms with Crippen molar-refractivity contribution in [2.45, 2.75) is 39.2 Å². The van der Waals surface area contributed by atoms with Crippen LogP contribution in [0.4, 0.5) is 0 Å². The maximum Gasteiger partial charge on any atom is 0.304 e. The number of rotatable bonds is 10. The first-order valence-corrected chi connectivity index (χ1v) is 8.63. The number of likely N-dealkylation sites (N-methyl/N-ethyl adjacent to an activating group) is 1. The molecule has 0 fully saturated rings. The molecule has 0 heterocycles. The van der Waals surface area contributed by atoms with E-state index < -0.39 is 23.8 Å². The lowest BCUT2D eigenvalue weighted by molar-refractivity contribution is -0.141. The Morgan fingerprint density at radius 3 is 2.19 bits per heavy atom. The van der Waals surface area contributed by atoms with Crippen molar-refractivity contribution in [2.75, 3.05) is 14.2 Å². The molecule has 1 aromatic carbocycles. The molecule has 0 bridgehead atoms. The Morgan fingerprint density at radius 2 is 1.73 bits per heavy atom. The Hall–Kier alpha value is -2.57. The maximum absolute atomic E-state index is 12.6. The number of hydrogen-bond donors (Lipinski definition) is 3. The Bertz CT molecular complexity index is 613. The van der Waals surface area contributed by atoms with Crippen LogP contribution in [0.25, 0.3) is 0 Å². The zero-order valence-corrected chi connectivity index (χ0v) is 15.7. The lowest BCUT2D eigenvalue weighted by atomic mass is 9.92. The number of ether oxygens (including phenoxy) is 1. The Labute approximate surface area is 154 Å².